The number of aliphatic hydroxyl groups is 1. The Balaban J connectivity index is 1.65. The van der Waals surface area contributed by atoms with Gasteiger partial charge in [-0.1, -0.05) is 36.1 Å². The summed E-state index contributed by atoms with van der Waals surface area (Å²) in [6.45, 7) is 3.11. The van der Waals surface area contributed by atoms with Crippen LogP contribution in [0.25, 0.3) is 0 Å². The molecular weight excluding hydrogens is 324 g/mol. The molecule has 26 heavy (non-hydrogen) atoms. The van der Waals surface area contributed by atoms with Crippen LogP contribution in [0, 0.1) is 17.8 Å². The van der Waals surface area contributed by atoms with E-state index in [2.05, 4.69) is 17.2 Å². The number of hydrogen-bond donors (Lipinski definition) is 2. The van der Waals surface area contributed by atoms with E-state index in [0.717, 1.165) is 36.2 Å². The second kappa shape index (κ2) is 8.55. The Bertz CT molecular complexity index is 806. The van der Waals surface area contributed by atoms with Crippen molar-refractivity contribution in [1.82, 2.24) is 4.90 Å². The normalized spacial score (nSPS) is 17.8. The molecule has 0 aliphatic carbocycles. The van der Waals surface area contributed by atoms with Crippen molar-refractivity contribution in [2.45, 2.75) is 25.9 Å². The molecule has 4 heteroatoms. The van der Waals surface area contributed by atoms with Gasteiger partial charge in [-0.05, 0) is 50.1 Å². The van der Waals surface area contributed by atoms with Crippen molar-refractivity contribution in [3.8, 4) is 11.8 Å². The van der Waals surface area contributed by atoms with E-state index in [1.165, 1.54) is 0 Å². The maximum absolute atomic E-state index is 12.5. The predicted octanol–water partition coefficient (Wildman–Crippen LogP) is 3.71. The standard InChI is InChI=1S/C22H24N2O2/c1-17(25)20-10-6-14-24(16-20)22(26)23-21-11-5-9-19(15-21)13-12-18-7-3-2-4-8-18/h2-5,7-9,11,15,17,20,25H,6,10,14,16H2,1H3,(H,23,26). The summed E-state index contributed by atoms with van der Waals surface area (Å²) in [6.07, 6.45) is 1.50. The third kappa shape index (κ3) is 4.87. The van der Waals surface area contributed by atoms with E-state index >= 15 is 0 Å². The molecule has 2 N–H and O–H groups in total. The fourth-order valence-corrected chi connectivity index (χ4v) is 3.13. The minimum atomic E-state index is -0.387. The zero-order valence-corrected chi connectivity index (χ0v) is 15.0. The predicted molar refractivity (Wildman–Crippen MR) is 104 cm³/mol. The van der Waals surface area contributed by atoms with Crippen molar-refractivity contribution < 1.29 is 9.90 Å². The summed E-state index contributed by atoms with van der Waals surface area (Å²) in [6, 6.07) is 17.2. The number of rotatable bonds is 2. The van der Waals surface area contributed by atoms with E-state index in [0.29, 0.717) is 6.54 Å². The van der Waals surface area contributed by atoms with Crippen molar-refractivity contribution in [3.63, 3.8) is 0 Å². The quantitative estimate of drug-likeness (QED) is 0.813. The molecule has 2 atom stereocenters. The molecule has 134 valence electrons. The van der Waals surface area contributed by atoms with E-state index in [1.54, 1.807) is 11.8 Å². The average Bonchev–Trinajstić information content (AvgIpc) is 2.67. The summed E-state index contributed by atoms with van der Waals surface area (Å²) >= 11 is 0. The van der Waals surface area contributed by atoms with Crippen LogP contribution < -0.4 is 5.32 Å². The molecule has 4 nitrogen and oxygen atoms in total. The fraction of sp³-hybridized carbons (Fsp3) is 0.318. The number of urea groups is 1. The Morgan fingerprint density at radius 2 is 1.88 bits per heavy atom. The Morgan fingerprint density at radius 3 is 2.65 bits per heavy atom. The number of amides is 2. The summed E-state index contributed by atoms with van der Waals surface area (Å²) in [4.78, 5) is 14.3. The highest BCUT2D eigenvalue weighted by Gasteiger charge is 2.26. The minimum absolute atomic E-state index is 0.122. The summed E-state index contributed by atoms with van der Waals surface area (Å²) < 4.78 is 0. The van der Waals surface area contributed by atoms with Crippen LogP contribution in [-0.4, -0.2) is 35.2 Å². The van der Waals surface area contributed by atoms with Crippen molar-refractivity contribution in [2.24, 2.45) is 5.92 Å². The molecule has 1 fully saturated rings. The summed E-state index contributed by atoms with van der Waals surface area (Å²) in [5.74, 6) is 6.40. The molecule has 1 aliphatic heterocycles. The molecule has 0 bridgehead atoms. The lowest BCUT2D eigenvalue weighted by atomic mass is 9.94. The molecule has 1 heterocycles. The molecule has 3 rings (SSSR count). The van der Waals surface area contributed by atoms with Crippen molar-refractivity contribution in [1.29, 1.82) is 0 Å². The van der Waals surface area contributed by atoms with Crippen LogP contribution in [-0.2, 0) is 0 Å². The van der Waals surface area contributed by atoms with Gasteiger partial charge in [-0.3, -0.25) is 0 Å². The van der Waals surface area contributed by atoms with Gasteiger partial charge in [0.25, 0.3) is 0 Å². The number of benzene rings is 2. The molecule has 0 radical (unpaired) electrons. The van der Waals surface area contributed by atoms with Crippen LogP contribution in [0.4, 0.5) is 10.5 Å². The number of piperidine rings is 1. The van der Waals surface area contributed by atoms with E-state index in [1.807, 2.05) is 54.6 Å². The first kappa shape index (κ1) is 18.0. The van der Waals surface area contributed by atoms with Crippen molar-refractivity contribution in [3.05, 3.63) is 65.7 Å². The van der Waals surface area contributed by atoms with Crippen molar-refractivity contribution >= 4 is 11.7 Å². The number of hydrogen-bond acceptors (Lipinski definition) is 2. The SMILES string of the molecule is CC(O)C1CCCN(C(=O)Nc2cccc(C#Cc3ccccc3)c2)C1. The number of aliphatic hydroxyl groups excluding tert-OH is 1. The second-order valence-corrected chi connectivity index (χ2v) is 6.72. The lowest BCUT2D eigenvalue weighted by Crippen LogP contribution is -2.44. The van der Waals surface area contributed by atoms with Gasteiger partial charge in [-0.25, -0.2) is 4.79 Å². The van der Waals surface area contributed by atoms with Crippen LogP contribution in [0.3, 0.4) is 0 Å². The first-order valence-corrected chi connectivity index (χ1v) is 9.03. The number of anilines is 1. The van der Waals surface area contributed by atoms with Gasteiger partial charge in [0.15, 0.2) is 0 Å². The first-order valence-electron chi connectivity index (χ1n) is 9.03. The van der Waals surface area contributed by atoms with Crippen LogP contribution in [0.15, 0.2) is 54.6 Å². The number of likely N-dealkylation sites (tertiary alicyclic amines) is 1. The van der Waals surface area contributed by atoms with E-state index in [-0.39, 0.29) is 18.1 Å². The number of carbonyl (C=O) groups excluding carboxylic acids is 1. The lowest BCUT2D eigenvalue weighted by molar-refractivity contribution is 0.0766. The van der Waals surface area contributed by atoms with Crippen molar-refractivity contribution in [2.75, 3.05) is 18.4 Å². The van der Waals surface area contributed by atoms with E-state index in [4.69, 9.17) is 0 Å². The Hall–Kier alpha value is -2.77. The van der Waals surface area contributed by atoms with Gasteiger partial charge < -0.3 is 15.3 Å². The van der Waals surface area contributed by atoms with Crippen LogP contribution in [0.1, 0.15) is 30.9 Å². The molecule has 2 unspecified atom stereocenters. The minimum Gasteiger partial charge on any atom is -0.393 e. The monoisotopic (exact) mass is 348 g/mol. The van der Waals surface area contributed by atoms with Crippen LogP contribution >= 0.6 is 0 Å². The molecule has 0 spiro atoms. The van der Waals surface area contributed by atoms with Gasteiger partial charge >= 0.3 is 6.03 Å². The summed E-state index contributed by atoms with van der Waals surface area (Å²) in [7, 11) is 0. The molecule has 1 aliphatic rings. The van der Waals surface area contributed by atoms with E-state index < -0.39 is 0 Å². The van der Waals surface area contributed by atoms with E-state index in [9.17, 15) is 9.90 Å². The van der Waals surface area contributed by atoms with Gasteiger partial charge in [-0.15, -0.1) is 0 Å². The third-order valence-corrected chi connectivity index (χ3v) is 4.67. The lowest BCUT2D eigenvalue weighted by Gasteiger charge is -2.34. The maximum Gasteiger partial charge on any atom is 0.321 e. The molecule has 2 amide bonds. The topological polar surface area (TPSA) is 52.6 Å². The van der Waals surface area contributed by atoms with Gasteiger partial charge in [0.05, 0.1) is 6.10 Å². The molecule has 0 aromatic heterocycles. The Labute approximate surface area is 154 Å². The molecule has 2 aromatic carbocycles. The highest BCUT2D eigenvalue weighted by atomic mass is 16.3. The summed E-state index contributed by atoms with van der Waals surface area (Å²) in [5, 5.41) is 12.7. The zero-order valence-electron chi connectivity index (χ0n) is 15.0. The number of nitrogens with one attached hydrogen (secondary N) is 1. The van der Waals surface area contributed by atoms with Gasteiger partial charge in [-0.2, -0.15) is 0 Å². The molecule has 1 saturated heterocycles. The Morgan fingerprint density at radius 1 is 1.15 bits per heavy atom. The average molecular weight is 348 g/mol. The van der Waals surface area contributed by atoms with Gasteiger partial charge in [0.1, 0.15) is 0 Å². The molecule has 2 aromatic rings. The fourth-order valence-electron chi connectivity index (χ4n) is 3.13. The van der Waals surface area contributed by atoms with Crippen LogP contribution in [0.2, 0.25) is 0 Å². The highest BCUT2D eigenvalue weighted by molar-refractivity contribution is 5.89. The number of carbonyl (C=O) groups is 1. The third-order valence-electron chi connectivity index (χ3n) is 4.67. The highest BCUT2D eigenvalue weighted by Crippen LogP contribution is 2.20. The first-order chi connectivity index (χ1) is 12.6. The van der Waals surface area contributed by atoms with Gasteiger partial charge in [0.2, 0.25) is 0 Å². The van der Waals surface area contributed by atoms with Crippen LogP contribution in [0.5, 0.6) is 0 Å². The Kier molecular flexibility index (Phi) is 5.93. The molecular formula is C22H24N2O2. The smallest absolute Gasteiger partial charge is 0.321 e. The van der Waals surface area contributed by atoms with Gasteiger partial charge in [0, 0.05) is 35.8 Å². The largest absolute Gasteiger partial charge is 0.393 e. The summed E-state index contributed by atoms with van der Waals surface area (Å²) in [5.41, 5.74) is 2.54. The zero-order chi connectivity index (χ0) is 18.4. The second-order valence-electron chi connectivity index (χ2n) is 6.72. The number of nitrogens with zero attached hydrogens (tertiary/aromatic N) is 1. The maximum atomic E-state index is 12.5. The molecule has 0 saturated carbocycles.